The molecule has 1 aliphatic heterocycles. The molecule has 0 aliphatic carbocycles. The number of esters is 1. The number of aromatic nitrogens is 2. The van der Waals surface area contributed by atoms with Crippen LogP contribution in [0.5, 0.6) is 0 Å². The Kier molecular flexibility index (Phi) is 2.64. The maximum Gasteiger partial charge on any atom is 0.357 e. The van der Waals surface area contributed by atoms with Crippen molar-refractivity contribution in [2.75, 3.05) is 13.7 Å². The molecular formula is C10H13N3O2. The summed E-state index contributed by atoms with van der Waals surface area (Å²) >= 11 is 0. The van der Waals surface area contributed by atoms with E-state index in [0.717, 1.165) is 24.2 Å². The molecule has 1 aromatic heterocycles. The summed E-state index contributed by atoms with van der Waals surface area (Å²) in [6, 6.07) is 0. The summed E-state index contributed by atoms with van der Waals surface area (Å²) in [5, 5.41) is 3.21. The Morgan fingerprint density at radius 3 is 3.00 bits per heavy atom. The SMILES string of the molecule is COC(=O)c1nc(C)nc2c1CCNC2. The predicted octanol–water partition coefficient (Wildman–Crippen LogP) is 0.217. The first kappa shape index (κ1) is 10.0. The lowest BCUT2D eigenvalue weighted by molar-refractivity contribution is 0.0591. The summed E-state index contributed by atoms with van der Waals surface area (Å²) < 4.78 is 4.71. The molecule has 0 fully saturated rings. The Labute approximate surface area is 87.9 Å². The van der Waals surface area contributed by atoms with Crippen LogP contribution in [-0.4, -0.2) is 29.6 Å². The zero-order chi connectivity index (χ0) is 10.8. The molecule has 0 saturated carbocycles. The Morgan fingerprint density at radius 2 is 2.27 bits per heavy atom. The number of aryl methyl sites for hydroxylation is 1. The van der Waals surface area contributed by atoms with Crippen molar-refractivity contribution in [1.82, 2.24) is 15.3 Å². The molecule has 5 heteroatoms. The highest BCUT2D eigenvalue weighted by molar-refractivity contribution is 5.89. The third-order valence-electron chi connectivity index (χ3n) is 2.43. The van der Waals surface area contributed by atoms with Gasteiger partial charge in [-0.3, -0.25) is 0 Å². The fourth-order valence-corrected chi connectivity index (χ4v) is 1.75. The van der Waals surface area contributed by atoms with E-state index in [1.807, 2.05) is 0 Å². The third-order valence-corrected chi connectivity index (χ3v) is 2.43. The molecule has 0 unspecified atom stereocenters. The minimum absolute atomic E-state index is 0.376. The van der Waals surface area contributed by atoms with Crippen LogP contribution in [-0.2, 0) is 17.7 Å². The highest BCUT2D eigenvalue weighted by Crippen LogP contribution is 2.16. The van der Waals surface area contributed by atoms with E-state index in [-0.39, 0.29) is 5.97 Å². The van der Waals surface area contributed by atoms with E-state index in [1.165, 1.54) is 7.11 Å². The Morgan fingerprint density at radius 1 is 1.47 bits per heavy atom. The van der Waals surface area contributed by atoms with Gasteiger partial charge in [0.15, 0.2) is 5.69 Å². The van der Waals surface area contributed by atoms with Crippen LogP contribution in [0.1, 0.15) is 27.6 Å². The Bertz CT molecular complexity index is 404. The number of methoxy groups -OCH3 is 1. The number of hydrogen-bond donors (Lipinski definition) is 1. The van der Waals surface area contributed by atoms with E-state index in [0.29, 0.717) is 18.1 Å². The molecule has 0 saturated heterocycles. The number of hydrogen-bond acceptors (Lipinski definition) is 5. The largest absolute Gasteiger partial charge is 0.464 e. The van der Waals surface area contributed by atoms with E-state index in [2.05, 4.69) is 15.3 Å². The van der Waals surface area contributed by atoms with Crippen LogP contribution < -0.4 is 5.32 Å². The second kappa shape index (κ2) is 3.94. The van der Waals surface area contributed by atoms with Crippen LogP contribution in [0.25, 0.3) is 0 Å². The van der Waals surface area contributed by atoms with Crippen LogP contribution in [0.15, 0.2) is 0 Å². The molecule has 0 atom stereocenters. The number of fused-ring (bicyclic) bond motifs is 1. The van der Waals surface area contributed by atoms with Gasteiger partial charge in [-0.15, -0.1) is 0 Å². The molecule has 1 N–H and O–H groups in total. The lowest BCUT2D eigenvalue weighted by Crippen LogP contribution is -2.28. The summed E-state index contributed by atoms with van der Waals surface area (Å²) in [4.78, 5) is 20.0. The number of nitrogens with zero attached hydrogens (tertiary/aromatic N) is 2. The van der Waals surface area contributed by atoms with Crippen LogP contribution in [0, 0.1) is 6.92 Å². The molecule has 0 amide bonds. The van der Waals surface area contributed by atoms with Gasteiger partial charge in [0.2, 0.25) is 0 Å². The van der Waals surface area contributed by atoms with Crippen molar-refractivity contribution in [3.05, 3.63) is 22.8 Å². The number of rotatable bonds is 1. The molecule has 0 bridgehead atoms. The molecule has 0 aromatic carbocycles. The van der Waals surface area contributed by atoms with Crippen molar-refractivity contribution in [2.24, 2.45) is 0 Å². The normalized spacial score (nSPS) is 14.5. The predicted molar refractivity (Wildman–Crippen MR) is 53.5 cm³/mol. The molecule has 15 heavy (non-hydrogen) atoms. The lowest BCUT2D eigenvalue weighted by atomic mass is 10.0. The third kappa shape index (κ3) is 1.83. The van der Waals surface area contributed by atoms with E-state index in [4.69, 9.17) is 4.74 Å². The van der Waals surface area contributed by atoms with Gasteiger partial charge in [0.05, 0.1) is 12.8 Å². The van der Waals surface area contributed by atoms with E-state index >= 15 is 0 Å². The lowest BCUT2D eigenvalue weighted by Gasteiger charge is -2.18. The Balaban J connectivity index is 2.52. The fraction of sp³-hybridized carbons (Fsp3) is 0.500. The van der Waals surface area contributed by atoms with Crippen LogP contribution >= 0.6 is 0 Å². The molecular weight excluding hydrogens is 194 g/mol. The van der Waals surface area contributed by atoms with Gasteiger partial charge in [-0.2, -0.15) is 0 Å². The van der Waals surface area contributed by atoms with Gasteiger partial charge >= 0.3 is 5.97 Å². The number of carbonyl (C=O) groups is 1. The minimum atomic E-state index is -0.376. The molecule has 2 rings (SSSR count). The van der Waals surface area contributed by atoms with Crippen molar-refractivity contribution in [3.63, 3.8) is 0 Å². The van der Waals surface area contributed by atoms with Crippen LogP contribution in [0.2, 0.25) is 0 Å². The van der Waals surface area contributed by atoms with Gasteiger partial charge in [-0.05, 0) is 19.9 Å². The van der Waals surface area contributed by atoms with Gasteiger partial charge in [0.1, 0.15) is 5.82 Å². The average Bonchev–Trinajstić information content (AvgIpc) is 2.26. The molecule has 2 heterocycles. The maximum atomic E-state index is 11.5. The van der Waals surface area contributed by atoms with Gasteiger partial charge < -0.3 is 10.1 Å². The fourth-order valence-electron chi connectivity index (χ4n) is 1.75. The van der Waals surface area contributed by atoms with Gasteiger partial charge in [-0.1, -0.05) is 0 Å². The minimum Gasteiger partial charge on any atom is -0.464 e. The highest BCUT2D eigenvalue weighted by Gasteiger charge is 2.21. The summed E-state index contributed by atoms with van der Waals surface area (Å²) in [5.74, 6) is 0.233. The Hall–Kier alpha value is -1.49. The summed E-state index contributed by atoms with van der Waals surface area (Å²) in [5.41, 5.74) is 2.25. The zero-order valence-electron chi connectivity index (χ0n) is 8.83. The van der Waals surface area contributed by atoms with Gasteiger partial charge in [0, 0.05) is 12.1 Å². The average molecular weight is 207 g/mol. The number of carbonyl (C=O) groups excluding carboxylic acids is 1. The summed E-state index contributed by atoms with van der Waals surface area (Å²) in [6.45, 7) is 3.33. The monoisotopic (exact) mass is 207 g/mol. The zero-order valence-corrected chi connectivity index (χ0v) is 8.83. The summed E-state index contributed by atoms with van der Waals surface area (Å²) in [6.07, 6.45) is 0.778. The highest BCUT2D eigenvalue weighted by atomic mass is 16.5. The first-order valence-corrected chi connectivity index (χ1v) is 4.88. The van der Waals surface area contributed by atoms with Crippen molar-refractivity contribution >= 4 is 5.97 Å². The number of nitrogens with one attached hydrogen (secondary N) is 1. The van der Waals surface area contributed by atoms with E-state index in [1.54, 1.807) is 6.92 Å². The van der Waals surface area contributed by atoms with Gasteiger partial charge in [-0.25, -0.2) is 14.8 Å². The van der Waals surface area contributed by atoms with E-state index < -0.39 is 0 Å². The molecule has 80 valence electrons. The van der Waals surface area contributed by atoms with Crippen molar-refractivity contribution in [3.8, 4) is 0 Å². The first-order chi connectivity index (χ1) is 7.22. The summed E-state index contributed by atoms with van der Waals surface area (Å²) in [7, 11) is 1.37. The maximum absolute atomic E-state index is 11.5. The number of ether oxygens (including phenoxy) is 1. The van der Waals surface area contributed by atoms with Crippen molar-refractivity contribution in [2.45, 2.75) is 19.9 Å². The standard InChI is InChI=1S/C10H13N3O2/c1-6-12-8-5-11-4-3-7(8)9(13-6)10(14)15-2/h11H,3-5H2,1-2H3. The molecule has 0 spiro atoms. The molecule has 1 aromatic rings. The van der Waals surface area contributed by atoms with Crippen molar-refractivity contribution in [1.29, 1.82) is 0 Å². The molecule has 1 aliphatic rings. The quantitative estimate of drug-likeness (QED) is 0.667. The smallest absolute Gasteiger partial charge is 0.357 e. The molecule has 5 nitrogen and oxygen atoms in total. The topological polar surface area (TPSA) is 64.1 Å². The van der Waals surface area contributed by atoms with Gasteiger partial charge in [0.25, 0.3) is 0 Å². The molecule has 0 radical (unpaired) electrons. The first-order valence-electron chi connectivity index (χ1n) is 4.88. The second-order valence-corrected chi connectivity index (χ2v) is 3.46. The van der Waals surface area contributed by atoms with Crippen molar-refractivity contribution < 1.29 is 9.53 Å². The van der Waals surface area contributed by atoms with Crippen LogP contribution in [0.4, 0.5) is 0 Å². The van der Waals surface area contributed by atoms with Crippen LogP contribution in [0.3, 0.4) is 0 Å². The van der Waals surface area contributed by atoms with E-state index in [9.17, 15) is 4.79 Å². The second-order valence-electron chi connectivity index (χ2n) is 3.46.